The summed E-state index contributed by atoms with van der Waals surface area (Å²) in [4.78, 5) is 12.8. The second kappa shape index (κ2) is 4.58. The number of nitrogens with zero attached hydrogens (tertiary/aromatic N) is 1. The van der Waals surface area contributed by atoms with E-state index in [1.165, 1.54) is 0 Å². The molecule has 1 aliphatic heterocycles. The first-order valence-corrected chi connectivity index (χ1v) is 4.80. The van der Waals surface area contributed by atoms with Crippen LogP contribution in [0, 0.1) is 0 Å². The molecule has 0 aromatic heterocycles. The number of aliphatic hydroxyl groups excluding tert-OH is 1. The topological polar surface area (TPSA) is 66.6 Å². The lowest BCUT2D eigenvalue weighted by molar-refractivity contribution is -0.118. The first-order valence-electron chi connectivity index (χ1n) is 4.80. The van der Waals surface area contributed by atoms with E-state index >= 15 is 0 Å². The molecule has 0 spiro atoms. The Morgan fingerprint density at radius 2 is 2.38 bits per heavy atom. The molecule has 0 saturated carbocycles. The number of nitrogens with two attached hydrogens (primary N) is 1. The molecule has 3 N–H and O–H groups in total. The van der Waals surface area contributed by atoms with E-state index in [2.05, 4.69) is 11.8 Å². The molecule has 0 aromatic carbocycles. The summed E-state index contributed by atoms with van der Waals surface area (Å²) in [5.74, 6) is -0.252. The average Bonchev–Trinajstić information content (AvgIpc) is 2.02. The maximum absolute atomic E-state index is 10.6. The Labute approximate surface area is 78.7 Å². The number of aliphatic hydroxyl groups is 1. The molecule has 1 heterocycles. The van der Waals surface area contributed by atoms with Crippen LogP contribution in [0.1, 0.15) is 26.2 Å². The van der Waals surface area contributed by atoms with Crippen molar-refractivity contribution in [2.75, 3.05) is 13.1 Å². The monoisotopic (exact) mass is 186 g/mol. The molecule has 0 aliphatic carbocycles. The van der Waals surface area contributed by atoms with Crippen molar-refractivity contribution in [3.63, 3.8) is 0 Å². The summed E-state index contributed by atoms with van der Waals surface area (Å²) in [7, 11) is 0. The van der Waals surface area contributed by atoms with Gasteiger partial charge in [0.1, 0.15) is 0 Å². The molecule has 4 nitrogen and oxygen atoms in total. The lowest BCUT2D eigenvalue weighted by atomic mass is 10.0. The van der Waals surface area contributed by atoms with Crippen molar-refractivity contribution in [1.82, 2.24) is 4.90 Å². The third kappa shape index (κ3) is 3.32. The Kier molecular flexibility index (Phi) is 3.69. The lowest BCUT2D eigenvalue weighted by Gasteiger charge is -2.35. The van der Waals surface area contributed by atoms with Crippen LogP contribution in [0.2, 0.25) is 0 Å². The molecule has 1 aliphatic rings. The highest BCUT2D eigenvalue weighted by molar-refractivity contribution is 5.73. The zero-order chi connectivity index (χ0) is 9.84. The van der Waals surface area contributed by atoms with E-state index in [0.717, 1.165) is 25.9 Å². The zero-order valence-corrected chi connectivity index (χ0v) is 8.07. The normalized spacial score (nSPS) is 30.3. The minimum atomic E-state index is -0.252. The Morgan fingerprint density at radius 3 is 2.92 bits per heavy atom. The maximum Gasteiger partial charge on any atom is 0.218 e. The van der Waals surface area contributed by atoms with Crippen LogP contribution in [-0.4, -0.2) is 41.1 Å². The quantitative estimate of drug-likeness (QED) is 0.636. The number of likely N-dealkylation sites (tertiary alicyclic amines) is 1. The summed E-state index contributed by atoms with van der Waals surface area (Å²) in [6, 6.07) is 0.364. The molecule has 0 unspecified atom stereocenters. The van der Waals surface area contributed by atoms with E-state index in [1.807, 2.05) is 0 Å². The summed E-state index contributed by atoms with van der Waals surface area (Å²) in [5, 5.41) is 9.36. The minimum absolute atomic E-state index is 0.167. The summed E-state index contributed by atoms with van der Waals surface area (Å²) in [5.41, 5.74) is 5.07. The summed E-state index contributed by atoms with van der Waals surface area (Å²) >= 11 is 0. The van der Waals surface area contributed by atoms with Crippen molar-refractivity contribution in [2.45, 2.75) is 38.3 Å². The fourth-order valence-electron chi connectivity index (χ4n) is 1.78. The molecule has 4 heteroatoms. The van der Waals surface area contributed by atoms with Gasteiger partial charge in [-0.05, 0) is 19.8 Å². The number of primary amides is 1. The Balaban J connectivity index is 2.29. The van der Waals surface area contributed by atoms with Gasteiger partial charge in [-0.1, -0.05) is 0 Å². The first kappa shape index (κ1) is 10.5. The largest absolute Gasteiger partial charge is 0.393 e. The number of carbonyl (C=O) groups excluding carboxylic acids is 1. The highest BCUT2D eigenvalue weighted by Crippen LogP contribution is 2.16. The standard InChI is InChI=1S/C9H18N2O2/c1-7-6-8(12)2-4-11(7)5-3-9(10)13/h7-8,12H,2-6H2,1H3,(H2,10,13)/t7-,8-/m0/s1. The average molecular weight is 186 g/mol. The van der Waals surface area contributed by atoms with E-state index < -0.39 is 0 Å². The van der Waals surface area contributed by atoms with Crippen molar-refractivity contribution in [3.8, 4) is 0 Å². The molecule has 2 atom stereocenters. The molecule has 13 heavy (non-hydrogen) atoms. The van der Waals surface area contributed by atoms with Crippen molar-refractivity contribution in [1.29, 1.82) is 0 Å². The van der Waals surface area contributed by atoms with Gasteiger partial charge in [-0.15, -0.1) is 0 Å². The third-order valence-electron chi connectivity index (χ3n) is 2.63. The second-order valence-corrected chi connectivity index (χ2v) is 3.78. The van der Waals surface area contributed by atoms with Gasteiger partial charge in [0.2, 0.25) is 5.91 Å². The molecule has 1 amide bonds. The van der Waals surface area contributed by atoms with Crippen molar-refractivity contribution < 1.29 is 9.90 Å². The van der Waals surface area contributed by atoms with Crippen LogP contribution in [0.5, 0.6) is 0 Å². The van der Waals surface area contributed by atoms with Gasteiger partial charge in [-0.25, -0.2) is 0 Å². The number of carbonyl (C=O) groups is 1. The van der Waals surface area contributed by atoms with Crippen LogP contribution in [-0.2, 0) is 4.79 Å². The van der Waals surface area contributed by atoms with Crippen molar-refractivity contribution >= 4 is 5.91 Å². The number of hydrogen-bond acceptors (Lipinski definition) is 3. The lowest BCUT2D eigenvalue weighted by Crippen LogP contribution is -2.43. The van der Waals surface area contributed by atoms with E-state index in [9.17, 15) is 9.90 Å². The maximum atomic E-state index is 10.6. The molecule has 1 fully saturated rings. The molecule has 0 bridgehead atoms. The molecule has 0 aromatic rings. The van der Waals surface area contributed by atoms with Crippen molar-refractivity contribution in [2.24, 2.45) is 5.73 Å². The predicted octanol–water partition coefficient (Wildman–Crippen LogP) is -0.293. The SMILES string of the molecule is C[C@H]1C[C@@H](O)CCN1CCC(N)=O. The Morgan fingerprint density at radius 1 is 1.69 bits per heavy atom. The number of piperidine rings is 1. The molecule has 76 valence electrons. The van der Waals surface area contributed by atoms with Gasteiger partial charge in [0.15, 0.2) is 0 Å². The van der Waals surface area contributed by atoms with E-state index in [0.29, 0.717) is 12.5 Å². The highest BCUT2D eigenvalue weighted by atomic mass is 16.3. The third-order valence-corrected chi connectivity index (χ3v) is 2.63. The Hall–Kier alpha value is -0.610. The molecular weight excluding hydrogens is 168 g/mol. The van der Waals surface area contributed by atoms with Crippen LogP contribution < -0.4 is 5.73 Å². The van der Waals surface area contributed by atoms with Gasteiger partial charge in [-0.3, -0.25) is 9.69 Å². The van der Waals surface area contributed by atoms with Gasteiger partial charge in [-0.2, -0.15) is 0 Å². The molecule has 1 rings (SSSR count). The molecule has 0 radical (unpaired) electrons. The molecule has 1 saturated heterocycles. The summed E-state index contributed by atoms with van der Waals surface area (Å²) < 4.78 is 0. The van der Waals surface area contributed by atoms with Crippen LogP contribution in [0.15, 0.2) is 0 Å². The fraction of sp³-hybridized carbons (Fsp3) is 0.889. The van der Waals surface area contributed by atoms with Crippen LogP contribution >= 0.6 is 0 Å². The zero-order valence-electron chi connectivity index (χ0n) is 8.07. The minimum Gasteiger partial charge on any atom is -0.393 e. The fourth-order valence-corrected chi connectivity index (χ4v) is 1.78. The number of amides is 1. The van der Waals surface area contributed by atoms with Gasteiger partial charge >= 0.3 is 0 Å². The van der Waals surface area contributed by atoms with Crippen LogP contribution in [0.4, 0.5) is 0 Å². The summed E-state index contributed by atoms with van der Waals surface area (Å²) in [6.07, 6.45) is 1.86. The second-order valence-electron chi connectivity index (χ2n) is 3.78. The van der Waals surface area contributed by atoms with Gasteiger partial charge in [0.25, 0.3) is 0 Å². The van der Waals surface area contributed by atoms with Crippen LogP contribution in [0.25, 0.3) is 0 Å². The number of hydrogen-bond donors (Lipinski definition) is 2. The van der Waals surface area contributed by atoms with Crippen molar-refractivity contribution in [3.05, 3.63) is 0 Å². The van der Waals surface area contributed by atoms with E-state index in [4.69, 9.17) is 5.73 Å². The van der Waals surface area contributed by atoms with E-state index in [-0.39, 0.29) is 12.0 Å². The summed E-state index contributed by atoms with van der Waals surface area (Å²) in [6.45, 7) is 3.67. The predicted molar refractivity (Wildman–Crippen MR) is 50.1 cm³/mol. The van der Waals surface area contributed by atoms with Gasteiger partial charge in [0, 0.05) is 25.6 Å². The van der Waals surface area contributed by atoms with Gasteiger partial charge < -0.3 is 10.8 Å². The molecular formula is C9H18N2O2. The van der Waals surface area contributed by atoms with Gasteiger partial charge in [0.05, 0.1) is 6.10 Å². The van der Waals surface area contributed by atoms with Crippen LogP contribution in [0.3, 0.4) is 0 Å². The smallest absolute Gasteiger partial charge is 0.218 e. The number of rotatable bonds is 3. The Bertz CT molecular complexity index is 184. The highest BCUT2D eigenvalue weighted by Gasteiger charge is 2.23. The van der Waals surface area contributed by atoms with E-state index in [1.54, 1.807) is 0 Å². The first-order chi connectivity index (χ1) is 6.09.